The fourth-order valence-corrected chi connectivity index (χ4v) is 3.92. The van der Waals surface area contributed by atoms with Gasteiger partial charge in [0.05, 0.1) is 4.90 Å². The normalized spacial score (nSPS) is 16.2. The van der Waals surface area contributed by atoms with Gasteiger partial charge in [-0.25, -0.2) is 13.1 Å². The summed E-state index contributed by atoms with van der Waals surface area (Å²) in [6.45, 7) is 12.1. The zero-order valence-electron chi connectivity index (χ0n) is 14.9. The molecule has 1 N–H and O–H groups in total. The largest absolute Gasteiger partial charge is 0.336 e. The molecule has 0 aliphatic carbocycles. The van der Waals surface area contributed by atoms with Gasteiger partial charge in [-0.15, -0.1) is 6.58 Å². The standard InChI is InChI=1S/C18H27N3O3S/c1-4-8-19-25(23,24)17-7-5-6-16(13-17)18(22)21-11-9-20(10-12-21)14-15(2)3/h4-7,13,15,19H,1,8-12,14H2,2-3H3. The highest BCUT2D eigenvalue weighted by atomic mass is 32.2. The number of hydrogen-bond acceptors (Lipinski definition) is 4. The van der Waals surface area contributed by atoms with Crippen LogP contribution in [-0.2, 0) is 10.0 Å². The summed E-state index contributed by atoms with van der Waals surface area (Å²) < 4.78 is 26.8. The summed E-state index contributed by atoms with van der Waals surface area (Å²) in [4.78, 5) is 16.9. The first-order valence-corrected chi connectivity index (χ1v) is 10.0. The zero-order valence-corrected chi connectivity index (χ0v) is 15.8. The molecule has 7 heteroatoms. The molecule has 0 unspecified atom stereocenters. The van der Waals surface area contributed by atoms with Gasteiger partial charge in [0, 0.05) is 44.8 Å². The Balaban J connectivity index is 2.06. The van der Waals surface area contributed by atoms with Crippen molar-refractivity contribution in [2.45, 2.75) is 18.7 Å². The second-order valence-electron chi connectivity index (χ2n) is 6.66. The molecule has 6 nitrogen and oxygen atoms in total. The van der Waals surface area contributed by atoms with E-state index in [2.05, 4.69) is 30.0 Å². The summed E-state index contributed by atoms with van der Waals surface area (Å²) in [6.07, 6.45) is 1.48. The third-order valence-corrected chi connectivity index (χ3v) is 5.51. The van der Waals surface area contributed by atoms with Gasteiger partial charge in [-0.2, -0.15) is 0 Å². The van der Waals surface area contributed by atoms with Gasteiger partial charge in [-0.3, -0.25) is 9.69 Å². The van der Waals surface area contributed by atoms with Crippen LogP contribution in [0.5, 0.6) is 0 Å². The van der Waals surface area contributed by atoms with Crippen LogP contribution >= 0.6 is 0 Å². The van der Waals surface area contributed by atoms with E-state index in [1.54, 1.807) is 17.0 Å². The predicted molar refractivity (Wildman–Crippen MR) is 99.0 cm³/mol. The molecule has 1 aromatic rings. The lowest BCUT2D eigenvalue weighted by molar-refractivity contribution is 0.0623. The molecule has 0 radical (unpaired) electrons. The fraction of sp³-hybridized carbons (Fsp3) is 0.500. The third kappa shape index (κ3) is 5.39. The molecule has 1 saturated heterocycles. The minimum Gasteiger partial charge on any atom is -0.336 e. The molecule has 1 aromatic carbocycles. The molecule has 1 fully saturated rings. The molecule has 25 heavy (non-hydrogen) atoms. The number of carbonyl (C=O) groups excluding carboxylic acids is 1. The lowest BCUT2D eigenvalue weighted by Gasteiger charge is -2.35. The zero-order chi connectivity index (χ0) is 18.4. The molecule has 0 aromatic heterocycles. The minimum absolute atomic E-state index is 0.0960. The Morgan fingerprint density at radius 3 is 2.56 bits per heavy atom. The number of hydrogen-bond donors (Lipinski definition) is 1. The Morgan fingerprint density at radius 1 is 1.28 bits per heavy atom. The highest BCUT2D eigenvalue weighted by Crippen LogP contribution is 2.15. The summed E-state index contributed by atoms with van der Waals surface area (Å²) in [5.41, 5.74) is 0.402. The van der Waals surface area contributed by atoms with Gasteiger partial charge in [0.15, 0.2) is 0 Å². The first-order valence-electron chi connectivity index (χ1n) is 8.55. The number of sulfonamides is 1. The third-order valence-electron chi connectivity index (χ3n) is 4.09. The minimum atomic E-state index is -3.63. The number of carbonyl (C=O) groups is 1. The van der Waals surface area contributed by atoms with Crippen LogP contribution in [0.15, 0.2) is 41.8 Å². The monoisotopic (exact) mass is 365 g/mol. The van der Waals surface area contributed by atoms with Crippen molar-refractivity contribution in [3.63, 3.8) is 0 Å². The number of nitrogens with zero attached hydrogens (tertiary/aromatic N) is 2. The van der Waals surface area contributed by atoms with E-state index < -0.39 is 10.0 Å². The second-order valence-corrected chi connectivity index (χ2v) is 8.42. The topological polar surface area (TPSA) is 69.7 Å². The first kappa shape index (κ1) is 19.6. The van der Waals surface area contributed by atoms with Crippen molar-refractivity contribution in [3.8, 4) is 0 Å². The van der Waals surface area contributed by atoms with Gasteiger partial charge in [-0.1, -0.05) is 26.0 Å². The van der Waals surface area contributed by atoms with Crippen molar-refractivity contribution in [2.24, 2.45) is 5.92 Å². The van der Waals surface area contributed by atoms with Gasteiger partial charge >= 0.3 is 0 Å². The predicted octanol–water partition coefficient (Wildman–Crippen LogP) is 1.56. The number of amides is 1. The van der Waals surface area contributed by atoms with Crippen LogP contribution < -0.4 is 4.72 Å². The van der Waals surface area contributed by atoms with Crippen LogP contribution in [0.2, 0.25) is 0 Å². The van der Waals surface area contributed by atoms with Crippen LogP contribution in [0.4, 0.5) is 0 Å². The molecule has 0 spiro atoms. The average molecular weight is 365 g/mol. The molecule has 0 atom stereocenters. The maximum atomic E-state index is 12.7. The lowest BCUT2D eigenvalue weighted by Crippen LogP contribution is -2.49. The Morgan fingerprint density at radius 2 is 1.96 bits per heavy atom. The molecule has 1 aliphatic heterocycles. The van der Waals surface area contributed by atoms with Crippen LogP contribution in [0.3, 0.4) is 0 Å². The summed E-state index contributed by atoms with van der Waals surface area (Å²) in [5, 5.41) is 0. The number of nitrogens with one attached hydrogen (secondary N) is 1. The average Bonchev–Trinajstić information content (AvgIpc) is 2.60. The first-order chi connectivity index (χ1) is 11.8. The SMILES string of the molecule is C=CCNS(=O)(=O)c1cccc(C(=O)N2CCN(CC(C)C)CC2)c1. The Bertz CT molecular complexity index is 708. The van der Waals surface area contributed by atoms with E-state index in [9.17, 15) is 13.2 Å². The summed E-state index contributed by atoms with van der Waals surface area (Å²) in [7, 11) is -3.63. The Labute approximate surface area is 150 Å². The molecule has 0 saturated carbocycles. The van der Waals surface area contributed by atoms with E-state index in [-0.39, 0.29) is 17.3 Å². The van der Waals surface area contributed by atoms with Crippen LogP contribution in [0, 0.1) is 5.92 Å². The maximum absolute atomic E-state index is 12.7. The molecule has 1 amide bonds. The van der Waals surface area contributed by atoms with Gasteiger partial charge < -0.3 is 4.90 Å². The highest BCUT2D eigenvalue weighted by molar-refractivity contribution is 7.89. The highest BCUT2D eigenvalue weighted by Gasteiger charge is 2.23. The van der Waals surface area contributed by atoms with E-state index in [1.807, 2.05) is 0 Å². The van der Waals surface area contributed by atoms with Crippen molar-refractivity contribution in [3.05, 3.63) is 42.5 Å². The maximum Gasteiger partial charge on any atom is 0.253 e. The van der Waals surface area contributed by atoms with E-state index in [1.165, 1.54) is 18.2 Å². The van der Waals surface area contributed by atoms with Crippen LogP contribution in [-0.4, -0.2) is 63.4 Å². The van der Waals surface area contributed by atoms with Gasteiger partial charge in [-0.05, 0) is 24.1 Å². The van der Waals surface area contributed by atoms with E-state index in [4.69, 9.17) is 0 Å². The van der Waals surface area contributed by atoms with Crippen LogP contribution in [0.25, 0.3) is 0 Å². The molecule has 0 bridgehead atoms. The molecule has 1 heterocycles. The molecule has 138 valence electrons. The van der Waals surface area contributed by atoms with E-state index in [0.717, 1.165) is 19.6 Å². The van der Waals surface area contributed by atoms with Crippen molar-refractivity contribution >= 4 is 15.9 Å². The number of rotatable bonds is 7. The Hall–Kier alpha value is -1.70. The van der Waals surface area contributed by atoms with Gasteiger partial charge in [0.1, 0.15) is 0 Å². The van der Waals surface area contributed by atoms with Crippen molar-refractivity contribution < 1.29 is 13.2 Å². The lowest BCUT2D eigenvalue weighted by atomic mass is 10.1. The summed E-state index contributed by atoms with van der Waals surface area (Å²) in [5.74, 6) is 0.483. The smallest absolute Gasteiger partial charge is 0.253 e. The van der Waals surface area contributed by atoms with E-state index >= 15 is 0 Å². The molecule has 1 aliphatic rings. The molecule has 2 rings (SSSR count). The van der Waals surface area contributed by atoms with Gasteiger partial charge in [0.25, 0.3) is 5.91 Å². The van der Waals surface area contributed by atoms with E-state index in [0.29, 0.717) is 24.6 Å². The van der Waals surface area contributed by atoms with Crippen molar-refractivity contribution in [1.82, 2.24) is 14.5 Å². The van der Waals surface area contributed by atoms with Crippen LogP contribution in [0.1, 0.15) is 24.2 Å². The number of benzene rings is 1. The summed E-state index contributed by atoms with van der Waals surface area (Å²) >= 11 is 0. The second kappa shape index (κ2) is 8.60. The molecular weight excluding hydrogens is 338 g/mol. The molecular formula is C18H27N3O3S. The quantitative estimate of drug-likeness (QED) is 0.745. The van der Waals surface area contributed by atoms with Gasteiger partial charge in [0.2, 0.25) is 10.0 Å². The fourth-order valence-electron chi connectivity index (χ4n) is 2.88. The van der Waals surface area contributed by atoms with Crippen molar-refractivity contribution in [2.75, 3.05) is 39.3 Å². The Kier molecular flexibility index (Phi) is 6.75. The summed E-state index contributed by atoms with van der Waals surface area (Å²) in [6, 6.07) is 6.19. The van der Waals surface area contributed by atoms with Crippen molar-refractivity contribution in [1.29, 1.82) is 0 Å². The number of piperazine rings is 1.